The van der Waals surface area contributed by atoms with Crippen LogP contribution in [0.5, 0.6) is 0 Å². The van der Waals surface area contributed by atoms with Gasteiger partial charge in [-0.3, -0.25) is 14.2 Å². The summed E-state index contributed by atoms with van der Waals surface area (Å²) in [5.41, 5.74) is 1.62. The Kier molecular flexibility index (Phi) is 5.41. The average Bonchev–Trinajstić information content (AvgIpc) is 3.23. The third-order valence-electron chi connectivity index (χ3n) is 5.95. The standard InChI is InChI=1S/C23H22N4O2S2/c28-20(11-14-27-22(29)16-5-1-2-6-17(16)25-23(27)30)26-12-9-15(10-13-26)21-24-18-7-3-4-8-19(18)31-21/h1-8,15H,9-14H2,(H,25,30). The van der Waals surface area contributed by atoms with Gasteiger partial charge < -0.3 is 9.88 Å². The van der Waals surface area contributed by atoms with E-state index in [1.807, 2.05) is 41.3 Å². The summed E-state index contributed by atoms with van der Waals surface area (Å²) in [6.45, 7) is 1.73. The van der Waals surface area contributed by atoms with Crippen molar-refractivity contribution in [3.63, 3.8) is 0 Å². The van der Waals surface area contributed by atoms with Gasteiger partial charge in [0.05, 0.1) is 26.1 Å². The summed E-state index contributed by atoms with van der Waals surface area (Å²) in [4.78, 5) is 35.3. The first kappa shape index (κ1) is 20.1. The Labute approximate surface area is 188 Å². The van der Waals surface area contributed by atoms with E-state index in [9.17, 15) is 9.59 Å². The van der Waals surface area contributed by atoms with Crippen LogP contribution in [0, 0.1) is 4.77 Å². The molecule has 2 aromatic heterocycles. The molecular weight excluding hydrogens is 428 g/mol. The Hall–Kier alpha value is -2.84. The molecule has 1 fully saturated rings. The predicted molar refractivity (Wildman–Crippen MR) is 126 cm³/mol. The quantitative estimate of drug-likeness (QED) is 0.466. The molecule has 0 atom stereocenters. The Balaban J connectivity index is 1.23. The van der Waals surface area contributed by atoms with Crippen molar-refractivity contribution in [1.82, 2.24) is 19.4 Å². The number of thiazole rings is 1. The number of piperidine rings is 1. The topological polar surface area (TPSA) is 71.0 Å². The second-order valence-electron chi connectivity index (χ2n) is 7.86. The van der Waals surface area contributed by atoms with E-state index in [2.05, 4.69) is 11.1 Å². The second-order valence-corrected chi connectivity index (χ2v) is 9.31. The van der Waals surface area contributed by atoms with Crippen LogP contribution in [0.15, 0.2) is 53.3 Å². The molecule has 1 aliphatic rings. The maximum Gasteiger partial charge on any atom is 0.262 e. The van der Waals surface area contributed by atoms with Crippen LogP contribution in [0.4, 0.5) is 0 Å². The summed E-state index contributed by atoms with van der Waals surface area (Å²) >= 11 is 7.11. The predicted octanol–water partition coefficient (Wildman–Crippen LogP) is 4.47. The molecule has 1 aliphatic heterocycles. The highest BCUT2D eigenvalue weighted by molar-refractivity contribution is 7.71. The van der Waals surface area contributed by atoms with Gasteiger partial charge in [0.15, 0.2) is 4.77 Å². The first-order valence-electron chi connectivity index (χ1n) is 10.5. The number of amides is 1. The fraction of sp³-hybridized carbons (Fsp3) is 0.304. The molecule has 1 N–H and O–H groups in total. The highest BCUT2D eigenvalue weighted by atomic mass is 32.1. The van der Waals surface area contributed by atoms with Crippen LogP contribution in [0.2, 0.25) is 0 Å². The Morgan fingerprint density at radius 1 is 1.13 bits per heavy atom. The number of fused-ring (bicyclic) bond motifs is 2. The van der Waals surface area contributed by atoms with E-state index in [4.69, 9.17) is 17.2 Å². The van der Waals surface area contributed by atoms with Gasteiger partial charge >= 0.3 is 0 Å². The number of H-pyrrole nitrogens is 1. The van der Waals surface area contributed by atoms with Crippen LogP contribution in [0.3, 0.4) is 0 Å². The summed E-state index contributed by atoms with van der Waals surface area (Å²) in [6, 6.07) is 15.5. The van der Waals surface area contributed by atoms with E-state index in [0.717, 1.165) is 37.0 Å². The molecule has 4 aromatic rings. The van der Waals surface area contributed by atoms with Gasteiger partial charge in [-0.2, -0.15) is 0 Å². The molecule has 0 spiro atoms. The summed E-state index contributed by atoms with van der Waals surface area (Å²) in [7, 11) is 0. The third-order valence-corrected chi connectivity index (χ3v) is 7.47. The molecule has 0 aliphatic carbocycles. The second kappa shape index (κ2) is 8.36. The Morgan fingerprint density at radius 2 is 1.87 bits per heavy atom. The van der Waals surface area contributed by atoms with Gasteiger partial charge in [0, 0.05) is 32.0 Å². The molecule has 158 valence electrons. The molecule has 0 radical (unpaired) electrons. The van der Waals surface area contributed by atoms with Crippen LogP contribution >= 0.6 is 23.6 Å². The number of aromatic amines is 1. The van der Waals surface area contributed by atoms with E-state index in [-0.39, 0.29) is 24.4 Å². The number of nitrogens with zero attached hydrogens (tertiary/aromatic N) is 3. The van der Waals surface area contributed by atoms with Gasteiger partial charge in [0.1, 0.15) is 0 Å². The van der Waals surface area contributed by atoms with Gasteiger partial charge in [-0.05, 0) is 49.3 Å². The van der Waals surface area contributed by atoms with Gasteiger partial charge in [0.25, 0.3) is 5.56 Å². The number of aromatic nitrogens is 3. The zero-order valence-corrected chi connectivity index (χ0v) is 18.5. The molecule has 6 nitrogen and oxygen atoms in total. The lowest BCUT2D eigenvalue weighted by atomic mass is 9.97. The molecule has 8 heteroatoms. The molecular formula is C23H22N4O2S2. The molecule has 1 saturated heterocycles. The number of carbonyl (C=O) groups excluding carboxylic acids is 1. The van der Waals surface area contributed by atoms with Gasteiger partial charge in [-0.25, -0.2) is 4.98 Å². The zero-order valence-electron chi connectivity index (χ0n) is 16.9. The third kappa shape index (κ3) is 3.93. The summed E-state index contributed by atoms with van der Waals surface area (Å²) in [6.07, 6.45) is 2.10. The summed E-state index contributed by atoms with van der Waals surface area (Å²) in [5.74, 6) is 0.468. The van der Waals surface area contributed by atoms with E-state index in [1.54, 1.807) is 17.4 Å². The lowest BCUT2D eigenvalue weighted by molar-refractivity contribution is -0.132. The lowest BCUT2D eigenvalue weighted by Gasteiger charge is -2.31. The van der Waals surface area contributed by atoms with Gasteiger partial charge in [-0.15, -0.1) is 11.3 Å². The summed E-state index contributed by atoms with van der Waals surface area (Å²) < 4.78 is 3.06. The van der Waals surface area contributed by atoms with Crippen LogP contribution in [-0.4, -0.2) is 38.4 Å². The van der Waals surface area contributed by atoms with Crippen molar-refractivity contribution in [2.24, 2.45) is 0 Å². The number of hydrogen-bond donors (Lipinski definition) is 1. The number of carbonyl (C=O) groups is 1. The SMILES string of the molecule is O=C(CCn1c(=S)[nH]c2ccccc2c1=O)N1CCC(c2nc3ccccc3s2)CC1. The monoisotopic (exact) mass is 450 g/mol. The maximum atomic E-state index is 12.8. The molecule has 31 heavy (non-hydrogen) atoms. The fourth-order valence-corrected chi connectivity index (χ4v) is 5.63. The van der Waals surface area contributed by atoms with Crippen molar-refractivity contribution >= 4 is 50.6 Å². The molecule has 0 unspecified atom stereocenters. The smallest absolute Gasteiger partial charge is 0.262 e. The van der Waals surface area contributed by atoms with E-state index >= 15 is 0 Å². The largest absolute Gasteiger partial charge is 0.343 e. The first-order chi connectivity index (χ1) is 15.1. The van der Waals surface area contributed by atoms with Crippen molar-refractivity contribution in [2.75, 3.05) is 13.1 Å². The minimum atomic E-state index is -0.151. The van der Waals surface area contributed by atoms with Crippen LogP contribution < -0.4 is 5.56 Å². The van der Waals surface area contributed by atoms with Crippen molar-refractivity contribution in [3.8, 4) is 0 Å². The van der Waals surface area contributed by atoms with E-state index in [0.29, 0.717) is 16.1 Å². The van der Waals surface area contributed by atoms with Crippen molar-refractivity contribution in [2.45, 2.75) is 31.7 Å². The highest BCUT2D eigenvalue weighted by Gasteiger charge is 2.26. The number of likely N-dealkylation sites (tertiary alicyclic amines) is 1. The van der Waals surface area contributed by atoms with Gasteiger partial charge in [-0.1, -0.05) is 24.3 Å². The number of rotatable bonds is 4. The Morgan fingerprint density at radius 3 is 2.68 bits per heavy atom. The number of para-hydroxylation sites is 2. The average molecular weight is 451 g/mol. The minimum absolute atomic E-state index is 0.0669. The fourth-order valence-electron chi connectivity index (χ4n) is 4.21. The highest BCUT2D eigenvalue weighted by Crippen LogP contribution is 2.33. The molecule has 2 aromatic carbocycles. The maximum absolute atomic E-state index is 12.8. The van der Waals surface area contributed by atoms with Gasteiger partial charge in [0.2, 0.25) is 5.91 Å². The summed E-state index contributed by atoms with van der Waals surface area (Å²) in [5, 5.41) is 1.75. The number of hydrogen-bond acceptors (Lipinski definition) is 5. The molecule has 0 saturated carbocycles. The minimum Gasteiger partial charge on any atom is -0.343 e. The molecule has 3 heterocycles. The molecule has 1 amide bonds. The van der Waals surface area contributed by atoms with Crippen LogP contribution in [0.25, 0.3) is 21.1 Å². The van der Waals surface area contributed by atoms with Crippen molar-refractivity contribution in [1.29, 1.82) is 0 Å². The van der Waals surface area contributed by atoms with Crippen LogP contribution in [0.1, 0.15) is 30.2 Å². The number of benzene rings is 2. The van der Waals surface area contributed by atoms with Crippen molar-refractivity contribution < 1.29 is 4.79 Å². The van der Waals surface area contributed by atoms with Crippen LogP contribution in [-0.2, 0) is 11.3 Å². The Bertz CT molecular complexity index is 1350. The normalized spacial score (nSPS) is 15.0. The first-order valence-corrected chi connectivity index (χ1v) is 11.7. The van der Waals surface area contributed by atoms with E-state index < -0.39 is 0 Å². The number of nitrogens with one attached hydrogen (secondary N) is 1. The molecule has 0 bridgehead atoms. The zero-order chi connectivity index (χ0) is 21.4. The molecule has 5 rings (SSSR count). The van der Waals surface area contributed by atoms with Crippen molar-refractivity contribution in [3.05, 3.63) is 68.7 Å². The lowest BCUT2D eigenvalue weighted by Crippen LogP contribution is -2.38. The van der Waals surface area contributed by atoms with E-state index in [1.165, 1.54) is 14.3 Å².